The summed E-state index contributed by atoms with van der Waals surface area (Å²) in [5.41, 5.74) is 1.74. The third-order valence-electron chi connectivity index (χ3n) is 4.47. The lowest BCUT2D eigenvalue weighted by Gasteiger charge is -2.44. The van der Waals surface area contributed by atoms with E-state index < -0.39 is 0 Å². The van der Waals surface area contributed by atoms with Crippen LogP contribution in [0.1, 0.15) is 65.0 Å². The van der Waals surface area contributed by atoms with Crippen LogP contribution in [0.5, 0.6) is 5.75 Å². The summed E-state index contributed by atoms with van der Waals surface area (Å²) >= 11 is 0. The van der Waals surface area contributed by atoms with Gasteiger partial charge in [-0.15, -0.1) is 0 Å². The Balaban J connectivity index is 1.91. The zero-order valence-electron chi connectivity index (χ0n) is 13.4. The molecule has 20 heavy (non-hydrogen) atoms. The van der Waals surface area contributed by atoms with Crippen molar-refractivity contribution in [1.29, 1.82) is 0 Å². The summed E-state index contributed by atoms with van der Waals surface area (Å²) in [6.45, 7) is 9.68. The number of nitrogens with one attached hydrogen (secondary N) is 1. The average Bonchev–Trinajstić information content (AvgIpc) is 2.41. The van der Waals surface area contributed by atoms with Gasteiger partial charge in [0, 0.05) is 11.6 Å². The van der Waals surface area contributed by atoms with Crippen LogP contribution in [0.15, 0.2) is 24.3 Å². The van der Waals surface area contributed by atoms with E-state index in [1.54, 1.807) is 0 Å². The Kier molecular flexibility index (Phi) is 5.09. The van der Waals surface area contributed by atoms with Crippen LogP contribution in [0.25, 0.3) is 0 Å². The molecule has 1 saturated carbocycles. The molecule has 1 atom stereocenters. The molecule has 2 heteroatoms. The van der Waals surface area contributed by atoms with Crippen molar-refractivity contribution in [2.24, 2.45) is 5.92 Å². The normalized spacial score (nSPS) is 18.6. The van der Waals surface area contributed by atoms with Crippen LogP contribution in [-0.4, -0.2) is 12.1 Å². The highest BCUT2D eigenvalue weighted by molar-refractivity contribution is 5.29. The van der Waals surface area contributed by atoms with E-state index in [0.717, 1.165) is 12.4 Å². The van der Waals surface area contributed by atoms with E-state index >= 15 is 0 Å². The van der Waals surface area contributed by atoms with Crippen molar-refractivity contribution in [2.45, 2.75) is 65.0 Å². The fourth-order valence-corrected chi connectivity index (χ4v) is 2.86. The van der Waals surface area contributed by atoms with Crippen LogP contribution in [0.3, 0.4) is 0 Å². The van der Waals surface area contributed by atoms with E-state index in [1.165, 1.54) is 31.2 Å². The van der Waals surface area contributed by atoms with Crippen molar-refractivity contribution in [3.05, 3.63) is 29.8 Å². The van der Waals surface area contributed by atoms with Crippen LogP contribution >= 0.6 is 0 Å². The Morgan fingerprint density at radius 1 is 1.15 bits per heavy atom. The molecule has 0 aliphatic heterocycles. The lowest BCUT2D eigenvalue weighted by Crippen LogP contribution is -2.51. The first-order valence-electron chi connectivity index (χ1n) is 8.05. The Hall–Kier alpha value is -1.02. The molecule has 0 bridgehead atoms. The molecule has 0 radical (unpaired) electrons. The predicted octanol–water partition coefficient (Wildman–Crippen LogP) is 4.70. The van der Waals surface area contributed by atoms with E-state index in [1.807, 2.05) is 0 Å². The second-order valence-corrected chi connectivity index (χ2v) is 6.63. The van der Waals surface area contributed by atoms with Crippen LogP contribution in [0, 0.1) is 5.92 Å². The van der Waals surface area contributed by atoms with Gasteiger partial charge >= 0.3 is 0 Å². The molecular weight excluding hydrogens is 246 g/mol. The first-order chi connectivity index (χ1) is 9.54. The number of rotatable bonds is 7. The quantitative estimate of drug-likeness (QED) is 0.778. The zero-order valence-corrected chi connectivity index (χ0v) is 13.4. The highest BCUT2D eigenvalue weighted by Crippen LogP contribution is 2.36. The van der Waals surface area contributed by atoms with Crippen LogP contribution in [-0.2, 0) is 0 Å². The monoisotopic (exact) mass is 275 g/mol. The fourth-order valence-electron chi connectivity index (χ4n) is 2.86. The maximum Gasteiger partial charge on any atom is 0.119 e. The molecule has 0 spiro atoms. The van der Waals surface area contributed by atoms with Crippen LogP contribution in [0.2, 0.25) is 0 Å². The lowest BCUT2D eigenvalue weighted by molar-refractivity contribution is 0.160. The smallest absolute Gasteiger partial charge is 0.119 e. The molecule has 1 unspecified atom stereocenters. The molecule has 0 heterocycles. The molecule has 0 amide bonds. The van der Waals surface area contributed by atoms with Gasteiger partial charge in [0.05, 0.1) is 6.61 Å². The summed E-state index contributed by atoms with van der Waals surface area (Å²) in [4.78, 5) is 0. The highest BCUT2D eigenvalue weighted by atomic mass is 16.5. The molecule has 1 aliphatic rings. The van der Waals surface area contributed by atoms with Crippen molar-refractivity contribution in [3.8, 4) is 5.75 Å². The van der Waals surface area contributed by atoms with Gasteiger partial charge in [-0.2, -0.15) is 0 Å². The predicted molar refractivity (Wildman–Crippen MR) is 85.2 cm³/mol. The lowest BCUT2D eigenvalue weighted by atomic mass is 9.74. The molecule has 112 valence electrons. The van der Waals surface area contributed by atoms with Gasteiger partial charge in [0.15, 0.2) is 0 Å². The van der Waals surface area contributed by atoms with Gasteiger partial charge in [0.2, 0.25) is 0 Å². The Labute approximate surface area is 123 Å². The minimum atomic E-state index is 0.395. The van der Waals surface area contributed by atoms with Gasteiger partial charge in [0.25, 0.3) is 0 Å². The number of hydrogen-bond acceptors (Lipinski definition) is 2. The summed E-state index contributed by atoms with van der Waals surface area (Å²) in [5.74, 6) is 1.54. The minimum absolute atomic E-state index is 0.395. The number of hydrogen-bond donors (Lipinski definition) is 1. The zero-order chi connectivity index (χ0) is 14.6. The van der Waals surface area contributed by atoms with Gasteiger partial charge in [-0.3, -0.25) is 0 Å². The van der Waals surface area contributed by atoms with E-state index in [9.17, 15) is 0 Å². The maximum absolute atomic E-state index is 5.74. The molecule has 1 aliphatic carbocycles. The summed E-state index contributed by atoms with van der Waals surface area (Å²) in [6.07, 6.45) is 5.25. The van der Waals surface area contributed by atoms with E-state index in [4.69, 9.17) is 4.74 Å². The van der Waals surface area contributed by atoms with Crippen LogP contribution < -0.4 is 10.1 Å². The first-order valence-corrected chi connectivity index (χ1v) is 8.05. The highest BCUT2D eigenvalue weighted by Gasteiger charge is 2.35. The van der Waals surface area contributed by atoms with Crippen molar-refractivity contribution < 1.29 is 4.74 Å². The van der Waals surface area contributed by atoms with Gasteiger partial charge < -0.3 is 10.1 Å². The molecule has 0 aromatic heterocycles. The minimum Gasteiger partial charge on any atom is -0.493 e. The topological polar surface area (TPSA) is 21.3 Å². The standard InChI is InChI=1S/C18H29NO/c1-5-18(11-6-12-18)19-15(4)16-7-9-17(10-8-16)20-13-14(2)3/h7-10,14-15,19H,5-6,11-13H2,1-4H3. The summed E-state index contributed by atoms with van der Waals surface area (Å²) in [6, 6.07) is 8.98. The van der Waals surface area contributed by atoms with Crippen molar-refractivity contribution in [1.82, 2.24) is 5.32 Å². The molecule has 2 nitrogen and oxygen atoms in total. The van der Waals surface area contributed by atoms with Gasteiger partial charge in [-0.1, -0.05) is 32.9 Å². The van der Waals surface area contributed by atoms with Crippen LogP contribution in [0.4, 0.5) is 0 Å². The molecule has 0 saturated heterocycles. The second-order valence-electron chi connectivity index (χ2n) is 6.63. The van der Waals surface area contributed by atoms with Crippen molar-refractivity contribution in [3.63, 3.8) is 0 Å². The Bertz CT molecular complexity index is 400. The Morgan fingerprint density at radius 3 is 2.25 bits per heavy atom. The fraction of sp³-hybridized carbons (Fsp3) is 0.667. The van der Waals surface area contributed by atoms with E-state index in [-0.39, 0.29) is 0 Å². The number of ether oxygens (including phenoxy) is 1. The average molecular weight is 275 g/mol. The van der Waals surface area contributed by atoms with Gasteiger partial charge in [-0.05, 0) is 56.2 Å². The molecule has 1 N–H and O–H groups in total. The second kappa shape index (κ2) is 6.62. The van der Waals surface area contributed by atoms with E-state index in [2.05, 4.69) is 57.3 Å². The summed E-state index contributed by atoms with van der Waals surface area (Å²) in [7, 11) is 0. The first kappa shape index (κ1) is 15.4. The maximum atomic E-state index is 5.74. The van der Waals surface area contributed by atoms with Gasteiger partial charge in [-0.25, -0.2) is 0 Å². The SMILES string of the molecule is CCC1(NC(C)c2ccc(OCC(C)C)cc2)CCC1. The summed E-state index contributed by atoms with van der Waals surface area (Å²) < 4.78 is 5.74. The van der Waals surface area contributed by atoms with Crippen molar-refractivity contribution in [2.75, 3.05) is 6.61 Å². The third-order valence-corrected chi connectivity index (χ3v) is 4.47. The molecule has 2 rings (SSSR count). The van der Waals surface area contributed by atoms with Gasteiger partial charge in [0.1, 0.15) is 5.75 Å². The largest absolute Gasteiger partial charge is 0.493 e. The summed E-state index contributed by atoms with van der Waals surface area (Å²) in [5, 5.41) is 3.82. The molecule has 1 aromatic rings. The molecule has 1 aromatic carbocycles. The molecular formula is C18H29NO. The number of benzene rings is 1. The van der Waals surface area contributed by atoms with E-state index in [0.29, 0.717) is 17.5 Å². The third kappa shape index (κ3) is 3.76. The Morgan fingerprint density at radius 2 is 1.80 bits per heavy atom. The molecule has 1 fully saturated rings. The van der Waals surface area contributed by atoms with Crippen molar-refractivity contribution >= 4 is 0 Å².